The number of unbranched alkanes of at least 4 members (excludes halogenated alkanes) is 1. The average Bonchev–Trinajstić information content (AvgIpc) is 2.02. The number of hydrogen-bond acceptors (Lipinski definition) is 2. The van der Waals surface area contributed by atoms with Crippen LogP contribution in [-0.2, 0) is 4.74 Å². The molecule has 0 aromatic heterocycles. The lowest BCUT2D eigenvalue weighted by molar-refractivity contribution is -0.441. The van der Waals surface area contributed by atoms with Gasteiger partial charge in [0.05, 0.1) is 6.61 Å². The van der Waals surface area contributed by atoms with E-state index in [1.165, 1.54) is 0 Å². The molecule has 0 amide bonds. The molecule has 0 aliphatic heterocycles. The maximum Gasteiger partial charge on any atom is 0.428 e. The van der Waals surface area contributed by atoms with Gasteiger partial charge >= 0.3 is 18.1 Å². The molecule has 0 radical (unpaired) electrons. The van der Waals surface area contributed by atoms with Crippen molar-refractivity contribution in [3.63, 3.8) is 0 Å². The Hall–Kier alpha value is -0.500. The van der Waals surface area contributed by atoms with E-state index in [1.807, 2.05) is 0 Å². The molecule has 0 aliphatic carbocycles. The quantitative estimate of drug-likeness (QED) is 0.571. The maximum atomic E-state index is 12.4. The van der Waals surface area contributed by atoms with Gasteiger partial charge in [-0.25, -0.2) is 0 Å². The third kappa shape index (κ3) is 3.23. The van der Waals surface area contributed by atoms with E-state index in [4.69, 9.17) is 5.11 Å². The van der Waals surface area contributed by atoms with E-state index in [1.54, 1.807) is 6.92 Å². The molecule has 0 bridgehead atoms. The zero-order valence-electron chi connectivity index (χ0n) is 7.74. The molecule has 0 atom stereocenters. The standard InChI is InChI=1S/C7H10F6O2/c1-2-3-4-15-7(12,13)5(8,9)6(10,11)14/h14H,2-4H2,1H3. The fourth-order valence-corrected chi connectivity index (χ4v) is 0.610. The molecule has 0 aliphatic rings. The Morgan fingerprint density at radius 3 is 1.87 bits per heavy atom. The number of ether oxygens (including phenoxy) is 1. The summed E-state index contributed by atoms with van der Waals surface area (Å²) in [6.45, 7) is 0.773. The lowest BCUT2D eigenvalue weighted by Crippen LogP contribution is -2.55. The summed E-state index contributed by atoms with van der Waals surface area (Å²) in [6, 6.07) is 0. The van der Waals surface area contributed by atoms with E-state index in [0.29, 0.717) is 6.42 Å². The summed E-state index contributed by atoms with van der Waals surface area (Å²) >= 11 is 0. The van der Waals surface area contributed by atoms with Gasteiger partial charge in [0.1, 0.15) is 0 Å². The molecule has 0 fully saturated rings. The van der Waals surface area contributed by atoms with Crippen molar-refractivity contribution in [1.82, 2.24) is 0 Å². The highest BCUT2D eigenvalue weighted by Crippen LogP contribution is 2.44. The summed E-state index contributed by atoms with van der Waals surface area (Å²) in [5.74, 6) is -5.95. The maximum absolute atomic E-state index is 12.4. The van der Waals surface area contributed by atoms with Crippen molar-refractivity contribution < 1.29 is 36.2 Å². The molecule has 0 aromatic rings. The molecule has 0 aromatic carbocycles. The molecule has 0 spiro atoms. The van der Waals surface area contributed by atoms with Gasteiger partial charge < -0.3 is 9.84 Å². The number of rotatable bonds is 6. The minimum absolute atomic E-state index is 0.0165. The summed E-state index contributed by atoms with van der Waals surface area (Å²) in [6.07, 6.45) is -10.8. The van der Waals surface area contributed by atoms with Crippen LogP contribution in [0.15, 0.2) is 0 Å². The van der Waals surface area contributed by atoms with Crippen molar-refractivity contribution in [2.45, 2.75) is 37.9 Å². The molecular weight excluding hydrogens is 230 g/mol. The zero-order valence-corrected chi connectivity index (χ0v) is 7.74. The van der Waals surface area contributed by atoms with E-state index in [0.717, 1.165) is 0 Å². The average molecular weight is 240 g/mol. The predicted molar refractivity (Wildman–Crippen MR) is 37.9 cm³/mol. The van der Waals surface area contributed by atoms with Crippen molar-refractivity contribution in [3.05, 3.63) is 0 Å². The molecule has 0 saturated carbocycles. The Balaban J connectivity index is 4.56. The second-order valence-corrected chi connectivity index (χ2v) is 2.83. The highest BCUT2D eigenvalue weighted by molar-refractivity contribution is 4.84. The summed E-state index contributed by atoms with van der Waals surface area (Å²) < 4.78 is 76.2. The zero-order chi connectivity index (χ0) is 12.3. The lowest BCUT2D eigenvalue weighted by atomic mass is 10.3. The van der Waals surface area contributed by atoms with Gasteiger partial charge in [-0.3, -0.25) is 0 Å². The Morgan fingerprint density at radius 1 is 1.07 bits per heavy atom. The number of hydrogen-bond donors (Lipinski definition) is 1. The molecule has 8 heteroatoms. The van der Waals surface area contributed by atoms with Crippen molar-refractivity contribution in [2.75, 3.05) is 6.61 Å². The van der Waals surface area contributed by atoms with Crippen LogP contribution in [0.3, 0.4) is 0 Å². The van der Waals surface area contributed by atoms with Crippen LogP contribution in [0.25, 0.3) is 0 Å². The second kappa shape index (κ2) is 4.56. The Kier molecular flexibility index (Phi) is 4.41. The van der Waals surface area contributed by atoms with Crippen molar-refractivity contribution in [2.24, 2.45) is 0 Å². The van der Waals surface area contributed by atoms with Gasteiger partial charge in [-0.15, -0.1) is 0 Å². The minimum Gasteiger partial charge on any atom is -0.331 e. The fourth-order valence-electron chi connectivity index (χ4n) is 0.610. The van der Waals surface area contributed by atoms with Gasteiger partial charge in [0, 0.05) is 0 Å². The molecule has 0 heterocycles. The van der Waals surface area contributed by atoms with Gasteiger partial charge in [-0.2, -0.15) is 26.3 Å². The van der Waals surface area contributed by atoms with Gasteiger partial charge in [0.2, 0.25) is 0 Å². The Morgan fingerprint density at radius 2 is 1.53 bits per heavy atom. The van der Waals surface area contributed by atoms with Crippen LogP contribution in [-0.4, -0.2) is 29.9 Å². The van der Waals surface area contributed by atoms with E-state index in [-0.39, 0.29) is 6.42 Å². The first-order chi connectivity index (χ1) is 6.56. The van der Waals surface area contributed by atoms with E-state index >= 15 is 0 Å². The molecule has 0 saturated heterocycles. The summed E-state index contributed by atoms with van der Waals surface area (Å²) in [5, 5.41) is 7.59. The number of aliphatic hydroxyl groups is 1. The van der Waals surface area contributed by atoms with Crippen LogP contribution in [0.5, 0.6) is 0 Å². The monoisotopic (exact) mass is 240 g/mol. The molecule has 2 nitrogen and oxygen atoms in total. The molecule has 1 N–H and O–H groups in total. The first-order valence-corrected chi connectivity index (χ1v) is 4.06. The van der Waals surface area contributed by atoms with Crippen LogP contribution in [0, 0.1) is 0 Å². The highest BCUT2D eigenvalue weighted by Gasteiger charge is 2.73. The van der Waals surface area contributed by atoms with Crippen molar-refractivity contribution >= 4 is 0 Å². The molecule has 0 rings (SSSR count). The summed E-state index contributed by atoms with van der Waals surface area (Å²) in [4.78, 5) is 0. The van der Waals surface area contributed by atoms with Gasteiger partial charge in [0.15, 0.2) is 0 Å². The molecule has 92 valence electrons. The Labute approximate surface area is 81.8 Å². The van der Waals surface area contributed by atoms with Gasteiger partial charge in [-0.1, -0.05) is 13.3 Å². The van der Waals surface area contributed by atoms with Crippen LogP contribution < -0.4 is 0 Å². The second-order valence-electron chi connectivity index (χ2n) is 2.83. The highest BCUT2D eigenvalue weighted by atomic mass is 19.4. The van der Waals surface area contributed by atoms with Crippen LogP contribution >= 0.6 is 0 Å². The minimum atomic E-state index is -5.95. The smallest absolute Gasteiger partial charge is 0.331 e. The largest absolute Gasteiger partial charge is 0.428 e. The summed E-state index contributed by atoms with van der Waals surface area (Å²) in [5.41, 5.74) is 0. The number of alkyl halides is 6. The van der Waals surface area contributed by atoms with Crippen LogP contribution in [0.4, 0.5) is 26.3 Å². The van der Waals surface area contributed by atoms with Crippen LogP contribution in [0.1, 0.15) is 19.8 Å². The lowest BCUT2D eigenvalue weighted by Gasteiger charge is -2.28. The summed E-state index contributed by atoms with van der Waals surface area (Å²) in [7, 11) is 0. The van der Waals surface area contributed by atoms with E-state index in [2.05, 4.69) is 4.74 Å². The third-order valence-corrected chi connectivity index (χ3v) is 1.52. The molecular formula is C7H10F6O2. The van der Waals surface area contributed by atoms with E-state index in [9.17, 15) is 26.3 Å². The van der Waals surface area contributed by atoms with Gasteiger partial charge in [0.25, 0.3) is 0 Å². The first-order valence-electron chi connectivity index (χ1n) is 4.06. The number of halogens is 6. The topological polar surface area (TPSA) is 29.5 Å². The normalized spacial score (nSPS) is 14.4. The van der Waals surface area contributed by atoms with Crippen LogP contribution in [0.2, 0.25) is 0 Å². The van der Waals surface area contributed by atoms with Crippen molar-refractivity contribution in [3.8, 4) is 0 Å². The SMILES string of the molecule is CCCCOC(F)(F)C(F)(F)C(O)(F)F. The van der Waals surface area contributed by atoms with Gasteiger partial charge in [-0.05, 0) is 6.42 Å². The molecule has 0 unspecified atom stereocenters. The van der Waals surface area contributed by atoms with E-state index < -0.39 is 24.7 Å². The molecule has 15 heavy (non-hydrogen) atoms. The van der Waals surface area contributed by atoms with Crippen molar-refractivity contribution in [1.29, 1.82) is 0 Å². The predicted octanol–water partition coefficient (Wildman–Crippen LogP) is 2.62. The Bertz CT molecular complexity index is 200. The first kappa shape index (κ1) is 14.5. The fraction of sp³-hybridized carbons (Fsp3) is 1.00. The third-order valence-electron chi connectivity index (χ3n) is 1.52.